The van der Waals surface area contributed by atoms with Crippen LogP contribution in [0.2, 0.25) is 0 Å². The van der Waals surface area contributed by atoms with Crippen LogP contribution in [0.5, 0.6) is 0 Å². The smallest absolute Gasteiger partial charge is 0.253 e. The van der Waals surface area contributed by atoms with Gasteiger partial charge in [-0.2, -0.15) is 0 Å². The van der Waals surface area contributed by atoms with E-state index in [1.54, 1.807) is 35.4 Å². The number of hydrogen-bond donors (Lipinski definition) is 4. The molecule has 0 saturated carbocycles. The molecular weight excluding hydrogens is 512 g/mol. The van der Waals surface area contributed by atoms with E-state index in [2.05, 4.69) is 34.4 Å². The lowest BCUT2D eigenvalue weighted by atomic mass is 9.95. The molecule has 4 rings (SSSR count). The van der Waals surface area contributed by atoms with Crippen LogP contribution in [-0.4, -0.2) is 107 Å². The van der Waals surface area contributed by atoms with Crippen molar-refractivity contribution in [3.05, 3.63) is 53.7 Å². The number of carbonyl (C=O) groups excluding carboxylic acids is 3. The van der Waals surface area contributed by atoms with E-state index in [4.69, 9.17) is 0 Å². The number of benzene rings is 1. The molecule has 4 N–H and O–H groups in total. The number of aliphatic hydroxyl groups excluding tert-OH is 2. The Morgan fingerprint density at radius 1 is 0.875 bits per heavy atom. The Morgan fingerprint density at radius 2 is 1.43 bits per heavy atom. The highest BCUT2D eigenvalue weighted by molar-refractivity contribution is 5.98. The molecule has 1 aromatic heterocycles. The van der Waals surface area contributed by atoms with Crippen LogP contribution in [0.25, 0.3) is 0 Å². The van der Waals surface area contributed by atoms with Gasteiger partial charge in [-0.15, -0.1) is 0 Å². The molecule has 2 saturated heterocycles. The summed E-state index contributed by atoms with van der Waals surface area (Å²) in [7, 11) is 0. The molecule has 2 aliphatic rings. The summed E-state index contributed by atoms with van der Waals surface area (Å²) >= 11 is 0. The van der Waals surface area contributed by atoms with Crippen molar-refractivity contribution in [1.82, 2.24) is 20.1 Å². The third kappa shape index (κ3) is 7.08. The maximum absolute atomic E-state index is 13.2. The van der Waals surface area contributed by atoms with Gasteiger partial charge in [0.05, 0.1) is 24.9 Å². The van der Waals surface area contributed by atoms with Crippen LogP contribution in [0.1, 0.15) is 47.4 Å². The molecule has 216 valence electrons. The van der Waals surface area contributed by atoms with Crippen molar-refractivity contribution in [2.75, 3.05) is 62.7 Å². The molecule has 0 radical (unpaired) electrons. The van der Waals surface area contributed by atoms with Gasteiger partial charge in [0.1, 0.15) is 0 Å². The third-order valence-electron chi connectivity index (χ3n) is 7.42. The number of amides is 3. The summed E-state index contributed by atoms with van der Waals surface area (Å²) in [5, 5.41) is 24.4. The monoisotopic (exact) mass is 552 g/mol. The highest BCUT2D eigenvalue weighted by Crippen LogP contribution is 2.25. The molecule has 11 nitrogen and oxygen atoms in total. The lowest BCUT2D eigenvalue weighted by Gasteiger charge is -2.36. The van der Waals surface area contributed by atoms with E-state index < -0.39 is 6.04 Å². The van der Waals surface area contributed by atoms with Crippen LogP contribution in [0.3, 0.4) is 0 Å². The quantitative estimate of drug-likeness (QED) is 0.364. The highest BCUT2D eigenvalue weighted by atomic mass is 16.3. The molecule has 0 unspecified atom stereocenters. The Kier molecular flexibility index (Phi) is 9.94. The molecule has 11 heteroatoms. The van der Waals surface area contributed by atoms with Crippen molar-refractivity contribution in [2.24, 2.45) is 5.92 Å². The minimum absolute atomic E-state index is 0.0592. The number of rotatable bonds is 9. The van der Waals surface area contributed by atoms with Crippen molar-refractivity contribution in [3.63, 3.8) is 0 Å². The molecule has 40 heavy (non-hydrogen) atoms. The molecule has 0 atom stereocenters. The standard InChI is InChI=1S/C29H40N6O5/c1-20(2)31-25-4-3-11-30-26(25)33-14-16-35(17-15-33)29(40)23-7-5-22(6-8-23)28(39)34-12-9-21(10-13-34)27(38)32-24(18-36)19-37/h3-8,11,20-21,24,31,36-37H,9-10,12-19H2,1-2H3,(H,32,38). The Bertz CT molecular complexity index is 1150. The number of aliphatic hydroxyl groups is 2. The third-order valence-corrected chi connectivity index (χ3v) is 7.42. The summed E-state index contributed by atoms with van der Waals surface area (Å²) < 4.78 is 0. The van der Waals surface area contributed by atoms with Crippen molar-refractivity contribution in [1.29, 1.82) is 0 Å². The zero-order valence-electron chi connectivity index (χ0n) is 23.3. The van der Waals surface area contributed by atoms with Crippen molar-refractivity contribution < 1.29 is 24.6 Å². The molecule has 2 fully saturated rings. The fourth-order valence-electron chi connectivity index (χ4n) is 5.13. The van der Waals surface area contributed by atoms with Crippen molar-refractivity contribution >= 4 is 29.2 Å². The molecule has 1 aromatic carbocycles. The number of anilines is 2. The summed E-state index contributed by atoms with van der Waals surface area (Å²) in [5.74, 6) is 0.236. The Morgan fingerprint density at radius 3 is 1.95 bits per heavy atom. The van der Waals surface area contributed by atoms with Crippen molar-refractivity contribution in [2.45, 2.75) is 38.8 Å². The molecular formula is C29H40N6O5. The zero-order chi connectivity index (χ0) is 28.6. The Balaban J connectivity index is 1.28. The average molecular weight is 553 g/mol. The van der Waals surface area contributed by atoms with Gasteiger partial charge in [-0.3, -0.25) is 14.4 Å². The first-order valence-electron chi connectivity index (χ1n) is 14.0. The predicted molar refractivity (Wildman–Crippen MR) is 152 cm³/mol. The molecule has 0 bridgehead atoms. The Hall–Kier alpha value is -3.70. The molecule has 2 aromatic rings. The number of piperazine rings is 1. The molecule has 3 amide bonds. The summed E-state index contributed by atoms with van der Waals surface area (Å²) in [5.41, 5.74) is 2.04. The van der Waals surface area contributed by atoms with Gasteiger partial charge in [0.25, 0.3) is 11.8 Å². The number of likely N-dealkylation sites (tertiary alicyclic amines) is 1. The summed E-state index contributed by atoms with van der Waals surface area (Å²) in [6.07, 6.45) is 2.81. The fraction of sp³-hybridized carbons (Fsp3) is 0.517. The number of hydrogen-bond acceptors (Lipinski definition) is 8. The summed E-state index contributed by atoms with van der Waals surface area (Å²) in [6.45, 7) is 6.93. The van der Waals surface area contributed by atoms with Crippen LogP contribution >= 0.6 is 0 Å². The van der Waals surface area contributed by atoms with E-state index >= 15 is 0 Å². The fourth-order valence-corrected chi connectivity index (χ4v) is 5.13. The number of nitrogens with one attached hydrogen (secondary N) is 2. The number of nitrogens with zero attached hydrogens (tertiary/aromatic N) is 4. The summed E-state index contributed by atoms with van der Waals surface area (Å²) in [6, 6.07) is 10.3. The van der Waals surface area contributed by atoms with Crippen LogP contribution in [-0.2, 0) is 4.79 Å². The van der Waals surface area contributed by atoms with Crippen LogP contribution in [0.15, 0.2) is 42.6 Å². The van der Waals surface area contributed by atoms with E-state index in [9.17, 15) is 24.6 Å². The largest absolute Gasteiger partial charge is 0.394 e. The van der Waals surface area contributed by atoms with Gasteiger partial charge in [0.2, 0.25) is 5.91 Å². The van der Waals surface area contributed by atoms with Gasteiger partial charge in [-0.25, -0.2) is 4.98 Å². The van der Waals surface area contributed by atoms with Crippen LogP contribution < -0.4 is 15.5 Å². The van der Waals surface area contributed by atoms with E-state index in [1.807, 2.05) is 17.0 Å². The lowest BCUT2D eigenvalue weighted by Crippen LogP contribution is -2.49. The predicted octanol–water partition coefficient (Wildman–Crippen LogP) is 1.19. The van der Waals surface area contributed by atoms with E-state index in [1.165, 1.54) is 0 Å². The normalized spacial score (nSPS) is 16.4. The second-order valence-electron chi connectivity index (χ2n) is 10.7. The van der Waals surface area contributed by atoms with Gasteiger partial charge < -0.3 is 35.5 Å². The molecule has 0 aliphatic carbocycles. The topological polar surface area (TPSA) is 138 Å². The number of carbonyl (C=O) groups is 3. The van der Waals surface area contributed by atoms with Gasteiger partial charge in [0.15, 0.2) is 5.82 Å². The first-order valence-corrected chi connectivity index (χ1v) is 14.0. The van der Waals surface area contributed by atoms with Gasteiger partial charge in [0, 0.05) is 68.6 Å². The SMILES string of the molecule is CC(C)Nc1cccnc1N1CCN(C(=O)c2ccc(C(=O)N3CCC(C(=O)NC(CO)CO)CC3)cc2)CC1. The van der Waals surface area contributed by atoms with E-state index in [0.717, 1.165) is 11.5 Å². The number of piperidine rings is 1. The number of pyridine rings is 1. The molecule has 2 aliphatic heterocycles. The zero-order valence-corrected chi connectivity index (χ0v) is 23.3. The molecule has 3 heterocycles. The lowest BCUT2D eigenvalue weighted by molar-refractivity contribution is -0.127. The highest BCUT2D eigenvalue weighted by Gasteiger charge is 2.29. The minimum Gasteiger partial charge on any atom is -0.394 e. The van der Waals surface area contributed by atoms with Gasteiger partial charge in [-0.05, 0) is 63.1 Å². The van der Waals surface area contributed by atoms with E-state index in [0.29, 0.717) is 63.2 Å². The minimum atomic E-state index is -0.669. The van der Waals surface area contributed by atoms with Gasteiger partial charge in [-0.1, -0.05) is 0 Å². The maximum Gasteiger partial charge on any atom is 0.253 e. The van der Waals surface area contributed by atoms with Gasteiger partial charge >= 0.3 is 0 Å². The second kappa shape index (κ2) is 13.6. The average Bonchev–Trinajstić information content (AvgIpc) is 2.99. The summed E-state index contributed by atoms with van der Waals surface area (Å²) in [4.78, 5) is 48.9. The number of aromatic nitrogens is 1. The first-order chi connectivity index (χ1) is 19.3. The van der Waals surface area contributed by atoms with Crippen molar-refractivity contribution in [3.8, 4) is 0 Å². The molecule has 0 spiro atoms. The maximum atomic E-state index is 13.2. The van der Waals surface area contributed by atoms with Crippen LogP contribution in [0, 0.1) is 5.92 Å². The first kappa shape index (κ1) is 29.3. The Labute approximate surface area is 235 Å². The second-order valence-corrected chi connectivity index (χ2v) is 10.7. The van der Waals surface area contributed by atoms with E-state index in [-0.39, 0.29) is 42.9 Å². The van der Waals surface area contributed by atoms with Crippen LogP contribution in [0.4, 0.5) is 11.5 Å².